The molecule has 0 saturated carbocycles. The highest BCUT2D eigenvalue weighted by molar-refractivity contribution is 7.70. The van der Waals surface area contributed by atoms with Gasteiger partial charge in [-0.15, -0.1) is 0 Å². The van der Waals surface area contributed by atoms with Gasteiger partial charge in [-0.2, -0.15) is 4.98 Å². The molecule has 0 radical (unpaired) electrons. The number of amides is 3. The van der Waals surface area contributed by atoms with Crippen molar-refractivity contribution < 1.29 is 18.9 Å². The largest absolute Gasteiger partial charge is 0.494 e. The van der Waals surface area contributed by atoms with Crippen LogP contribution in [0, 0.1) is 0 Å². The highest BCUT2D eigenvalue weighted by atomic mass is 35.5. The number of hydrogen-bond acceptors (Lipinski definition) is 11. The summed E-state index contributed by atoms with van der Waals surface area (Å²) in [4.78, 5) is 43.4. The quantitative estimate of drug-likeness (QED) is 0.162. The highest BCUT2D eigenvalue weighted by Crippen LogP contribution is 2.39. The summed E-state index contributed by atoms with van der Waals surface area (Å²) >= 11 is 6.45. The Labute approximate surface area is 296 Å². The highest BCUT2D eigenvalue weighted by Gasteiger charge is 2.26. The minimum Gasteiger partial charge on any atom is -0.494 e. The van der Waals surface area contributed by atoms with Crippen molar-refractivity contribution in [2.24, 2.45) is 0 Å². The van der Waals surface area contributed by atoms with Crippen molar-refractivity contribution in [2.45, 2.75) is 31.8 Å². The molecule has 0 atom stereocenters. The van der Waals surface area contributed by atoms with Gasteiger partial charge in [-0.25, -0.2) is 9.78 Å². The van der Waals surface area contributed by atoms with E-state index in [1.807, 2.05) is 48.5 Å². The predicted molar refractivity (Wildman–Crippen MR) is 199 cm³/mol. The molecule has 2 aromatic carbocycles. The first-order valence-electron chi connectivity index (χ1n) is 16.4. The van der Waals surface area contributed by atoms with Crippen molar-refractivity contribution in [3.63, 3.8) is 0 Å². The van der Waals surface area contributed by atoms with Crippen LogP contribution in [-0.2, 0) is 15.9 Å². The van der Waals surface area contributed by atoms with Gasteiger partial charge in [0.2, 0.25) is 11.9 Å². The van der Waals surface area contributed by atoms with Crippen molar-refractivity contribution in [3.05, 3.63) is 77.7 Å². The molecule has 3 N–H and O–H groups in total. The number of benzene rings is 2. The maximum Gasteiger partial charge on any atom is 0.328 e. The summed E-state index contributed by atoms with van der Waals surface area (Å²) in [6, 6.07) is 17.3. The van der Waals surface area contributed by atoms with E-state index in [1.54, 1.807) is 26.6 Å². The van der Waals surface area contributed by atoms with E-state index in [2.05, 4.69) is 53.8 Å². The van der Waals surface area contributed by atoms with Gasteiger partial charge in [0.15, 0.2) is 5.82 Å². The van der Waals surface area contributed by atoms with Gasteiger partial charge in [0, 0.05) is 55.7 Å². The number of nitrogens with one attached hydrogen (secondary N) is 3. The summed E-state index contributed by atoms with van der Waals surface area (Å²) in [5, 5.41) is 9.88. The molecule has 2 aliphatic heterocycles. The van der Waals surface area contributed by atoms with Gasteiger partial charge < -0.3 is 24.8 Å². The number of carbonyl (C=O) groups excluding carboxylic acids is 2. The van der Waals surface area contributed by atoms with Crippen LogP contribution in [0.15, 0.2) is 67.0 Å². The first-order chi connectivity index (χ1) is 24.0. The van der Waals surface area contributed by atoms with E-state index in [9.17, 15) is 14.2 Å². The van der Waals surface area contributed by atoms with Gasteiger partial charge in [0.25, 0.3) is 0 Å². The lowest BCUT2D eigenvalue weighted by molar-refractivity contribution is -0.120. The molecule has 50 heavy (non-hydrogen) atoms. The number of urea groups is 1. The van der Waals surface area contributed by atoms with Crippen LogP contribution < -0.4 is 35.8 Å². The molecule has 6 rings (SSSR count). The number of imide groups is 1. The van der Waals surface area contributed by atoms with Crippen molar-refractivity contribution >= 4 is 70.5 Å². The van der Waals surface area contributed by atoms with Crippen molar-refractivity contribution in [1.29, 1.82) is 0 Å². The third-order valence-corrected chi connectivity index (χ3v) is 10.8. The monoisotopic (exact) mass is 717 g/mol. The van der Waals surface area contributed by atoms with E-state index in [4.69, 9.17) is 16.3 Å². The number of carbonyl (C=O) groups is 2. The number of anilines is 6. The fourth-order valence-corrected chi connectivity index (χ4v) is 7.52. The molecule has 0 spiro atoms. The van der Waals surface area contributed by atoms with Gasteiger partial charge in [0.05, 0.1) is 42.3 Å². The standard InChI is InChI=1S/C35H41ClN9O4P/c1-43(22-23-9-10-26(20-37-23)45-18-15-32(46)41-35(45)47)24-13-16-44(17-14-24)25-11-12-28(30(19-25)49-2)40-34-38-21-27(36)33(42-34)39-29-7-5-6-8-31(29)50(3,4)48/h5-12,19-21,24H,13-18,22H2,1-4H3,(H,41,46,47)(H2,38,39,40,42). The number of hydrogen-bond donors (Lipinski definition) is 3. The fraction of sp³-hybridized carbons (Fsp3) is 0.343. The number of halogens is 1. The van der Waals surface area contributed by atoms with E-state index in [1.165, 1.54) is 11.1 Å². The average Bonchev–Trinajstić information content (AvgIpc) is 3.10. The van der Waals surface area contributed by atoms with Crippen molar-refractivity contribution in [1.82, 2.24) is 25.2 Å². The Balaban J connectivity index is 1.05. The Morgan fingerprint density at radius 2 is 1.74 bits per heavy atom. The van der Waals surface area contributed by atoms with Gasteiger partial charge in [-0.05, 0) is 69.6 Å². The number of nitrogens with zero attached hydrogens (tertiary/aromatic N) is 6. The summed E-state index contributed by atoms with van der Waals surface area (Å²) < 4.78 is 18.6. The van der Waals surface area contributed by atoms with E-state index < -0.39 is 13.2 Å². The van der Waals surface area contributed by atoms with Crippen molar-refractivity contribution in [3.8, 4) is 5.75 Å². The van der Waals surface area contributed by atoms with Crippen molar-refractivity contribution in [2.75, 3.05) is 67.6 Å². The summed E-state index contributed by atoms with van der Waals surface area (Å²) in [5.74, 6) is 1.13. The smallest absolute Gasteiger partial charge is 0.328 e. The Kier molecular flexibility index (Phi) is 10.6. The summed E-state index contributed by atoms with van der Waals surface area (Å²) in [7, 11) is 1.21. The first-order valence-corrected chi connectivity index (χ1v) is 19.4. The molecule has 3 amide bonds. The number of para-hydroxylation sites is 1. The minimum absolute atomic E-state index is 0.254. The number of ether oxygens (including phenoxy) is 1. The Morgan fingerprint density at radius 1 is 0.980 bits per heavy atom. The average molecular weight is 718 g/mol. The van der Waals surface area contributed by atoms with E-state index in [-0.39, 0.29) is 12.3 Å². The number of methoxy groups -OCH3 is 1. The number of piperidine rings is 1. The second-order valence-corrected chi connectivity index (χ2v) is 16.4. The molecule has 0 unspecified atom stereocenters. The molecule has 2 fully saturated rings. The lowest BCUT2D eigenvalue weighted by Gasteiger charge is -2.38. The number of rotatable bonds is 11. The Bertz CT molecular complexity index is 1910. The lowest BCUT2D eigenvalue weighted by Crippen LogP contribution is -2.49. The molecule has 262 valence electrons. The van der Waals surface area contributed by atoms with Gasteiger partial charge in [0.1, 0.15) is 17.9 Å². The van der Waals surface area contributed by atoms with E-state index in [0.29, 0.717) is 64.0 Å². The number of pyridine rings is 1. The van der Waals surface area contributed by atoms with Crippen LogP contribution in [0.5, 0.6) is 5.75 Å². The normalized spacial score (nSPS) is 15.6. The lowest BCUT2D eigenvalue weighted by atomic mass is 10.0. The van der Waals surface area contributed by atoms with Crippen LogP contribution in [0.25, 0.3) is 0 Å². The van der Waals surface area contributed by atoms with Gasteiger partial charge >= 0.3 is 6.03 Å². The molecule has 0 bridgehead atoms. The molecule has 0 aliphatic carbocycles. The second-order valence-electron chi connectivity index (χ2n) is 12.8. The van der Waals surface area contributed by atoms with Crippen LogP contribution in [-0.4, -0.2) is 85.0 Å². The predicted octanol–water partition coefficient (Wildman–Crippen LogP) is 5.82. The zero-order valence-corrected chi connectivity index (χ0v) is 30.2. The minimum atomic E-state index is -2.54. The summed E-state index contributed by atoms with van der Waals surface area (Å²) in [6.45, 7) is 6.28. The maximum absolute atomic E-state index is 12.9. The topological polar surface area (TPSA) is 145 Å². The zero-order chi connectivity index (χ0) is 35.4. The van der Waals surface area contributed by atoms with Gasteiger partial charge in [-0.1, -0.05) is 23.7 Å². The van der Waals surface area contributed by atoms with E-state index >= 15 is 0 Å². The number of aromatic nitrogens is 3. The third-order valence-electron chi connectivity index (χ3n) is 8.95. The molecular formula is C35H41ClN9O4P. The molecule has 15 heteroatoms. The molecule has 2 aliphatic rings. The van der Waals surface area contributed by atoms with Gasteiger partial charge in [-0.3, -0.25) is 24.9 Å². The molecule has 4 aromatic rings. The van der Waals surface area contributed by atoms with Crippen LogP contribution in [0.2, 0.25) is 5.02 Å². The zero-order valence-electron chi connectivity index (χ0n) is 28.5. The Morgan fingerprint density at radius 3 is 2.44 bits per heavy atom. The molecule has 13 nitrogen and oxygen atoms in total. The second kappa shape index (κ2) is 15.0. The molecule has 2 aromatic heterocycles. The SMILES string of the molecule is COc1cc(N2CCC(N(C)Cc3ccc(N4CCC(=O)NC4=O)cn3)CC2)ccc1Nc1ncc(Cl)c(Nc2ccccc2P(C)(C)=O)n1. The molecule has 2 saturated heterocycles. The van der Waals surface area contributed by atoms with E-state index in [0.717, 1.165) is 37.3 Å². The first kappa shape index (κ1) is 35.1. The maximum atomic E-state index is 12.9. The summed E-state index contributed by atoms with van der Waals surface area (Å²) in [5.41, 5.74) is 4.05. The molecular weight excluding hydrogens is 677 g/mol. The van der Waals surface area contributed by atoms with Crippen LogP contribution >= 0.6 is 18.7 Å². The molecule has 4 heterocycles. The Hall–Kier alpha value is -4.71. The van der Waals surface area contributed by atoms with Crippen LogP contribution in [0.4, 0.5) is 39.3 Å². The fourth-order valence-electron chi connectivity index (χ4n) is 6.22. The third kappa shape index (κ3) is 8.18. The summed E-state index contributed by atoms with van der Waals surface area (Å²) in [6.07, 6.45) is 5.47. The van der Waals surface area contributed by atoms with Crippen LogP contribution in [0.1, 0.15) is 25.0 Å². The van der Waals surface area contributed by atoms with Crippen LogP contribution in [0.3, 0.4) is 0 Å².